The minimum atomic E-state index is -0.317. The number of amides is 1. The number of hydrogen-bond acceptors (Lipinski definition) is 4. The van der Waals surface area contributed by atoms with Crippen molar-refractivity contribution in [3.63, 3.8) is 0 Å². The standard InChI is InChI=1S/C16H20N4O2/c1-4-13-11(3)15(22)20(16(17)19-13)9-14(21)18-12-7-5-10(2)6-8-12/h5-8H,4,9H2,1-3H3,(H2,17,19)(H,18,21). The van der Waals surface area contributed by atoms with Crippen LogP contribution in [0.5, 0.6) is 0 Å². The number of nitrogens with one attached hydrogen (secondary N) is 1. The second-order valence-electron chi connectivity index (χ2n) is 5.20. The van der Waals surface area contributed by atoms with Gasteiger partial charge in [-0.2, -0.15) is 0 Å². The highest BCUT2D eigenvalue weighted by Gasteiger charge is 2.13. The van der Waals surface area contributed by atoms with E-state index in [0.29, 0.717) is 23.4 Å². The number of benzene rings is 1. The zero-order valence-electron chi connectivity index (χ0n) is 13.0. The maximum atomic E-state index is 12.3. The van der Waals surface area contributed by atoms with Crippen LogP contribution in [0.3, 0.4) is 0 Å². The Bertz CT molecular complexity index is 748. The van der Waals surface area contributed by atoms with E-state index in [9.17, 15) is 9.59 Å². The summed E-state index contributed by atoms with van der Waals surface area (Å²) in [4.78, 5) is 28.5. The third kappa shape index (κ3) is 3.33. The Labute approximate surface area is 129 Å². The molecule has 22 heavy (non-hydrogen) atoms. The van der Waals surface area contributed by atoms with E-state index in [1.54, 1.807) is 6.92 Å². The van der Waals surface area contributed by atoms with E-state index in [-0.39, 0.29) is 24.0 Å². The Hall–Kier alpha value is -2.63. The average Bonchev–Trinajstić information content (AvgIpc) is 2.49. The van der Waals surface area contributed by atoms with Crippen molar-refractivity contribution in [3.05, 3.63) is 51.4 Å². The summed E-state index contributed by atoms with van der Waals surface area (Å²) in [6.45, 7) is 5.41. The summed E-state index contributed by atoms with van der Waals surface area (Å²) in [6.07, 6.45) is 0.627. The largest absolute Gasteiger partial charge is 0.369 e. The first kappa shape index (κ1) is 15.8. The molecule has 6 nitrogen and oxygen atoms in total. The number of nitrogen functional groups attached to an aromatic ring is 1. The first-order valence-electron chi connectivity index (χ1n) is 7.14. The molecule has 1 aromatic heterocycles. The number of anilines is 2. The molecule has 0 fully saturated rings. The fourth-order valence-corrected chi connectivity index (χ4v) is 2.19. The van der Waals surface area contributed by atoms with Gasteiger partial charge in [0.15, 0.2) is 0 Å². The first-order valence-corrected chi connectivity index (χ1v) is 7.14. The second kappa shape index (κ2) is 6.43. The summed E-state index contributed by atoms with van der Waals surface area (Å²) in [7, 11) is 0. The topological polar surface area (TPSA) is 90.0 Å². The number of aryl methyl sites for hydroxylation is 2. The van der Waals surface area contributed by atoms with Gasteiger partial charge in [0.1, 0.15) is 6.54 Å². The highest BCUT2D eigenvalue weighted by atomic mass is 16.2. The van der Waals surface area contributed by atoms with Crippen molar-refractivity contribution in [3.8, 4) is 0 Å². The van der Waals surface area contributed by atoms with Crippen molar-refractivity contribution in [2.45, 2.75) is 33.7 Å². The Kier molecular flexibility index (Phi) is 4.60. The van der Waals surface area contributed by atoms with Crippen LogP contribution >= 0.6 is 0 Å². The molecular weight excluding hydrogens is 280 g/mol. The monoisotopic (exact) mass is 300 g/mol. The van der Waals surface area contributed by atoms with Crippen LogP contribution in [-0.2, 0) is 17.8 Å². The molecule has 116 valence electrons. The molecule has 0 saturated heterocycles. The van der Waals surface area contributed by atoms with Crippen molar-refractivity contribution in [1.82, 2.24) is 9.55 Å². The van der Waals surface area contributed by atoms with Gasteiger partial charge in [0.25, 0.3) is 5.56 Å². The van der Waals surface area contributed by atoms with Crippen molar-refractivity contribution in [2.75, 3.05) is 11.1 Å². The molecule has 1 aromatic carbocycles. The summed E-state index contributed by atoms with van der Waals surface area (Å²) in [6, 6.07) is 7.42. The molecule has 0 saturated carbocycles. The number of carbonyl (C=O) groups is 1. The summed E-state index contributed by atoms with van der Waals surface area (Å²) < 4.78 is 1.19. The van der Waals surface area contributed by atoms with E-state index in [1.165, 1.54) is 4.57 Å². The van der Waals surface area contributed by atoms with Crippen molar-refractivity contribution in [2.24, 2.45) is 0 Å². The quantitative estimate of drug-likeness (QED) is 0.898. The van der Waals surface area contributed by atoms with Gasteiger partial charge < -0.3 is 11.1 Å². The van der Waals surface area contributed by atoms with Crippen LogP contribution in [0.25, 0.3) is 0 Å². The molecule has 0 aliphatic rings. The number of carbonyl (C=O) groups excluding carboxylic acids is 1. The summed E-state index contributed by atoms with van der Waals surface area (Å²) in [5, 5.41) is 2.74. The molecule has 0 aliphatic carbocycles. The summed E-state index contributed by atoms with van der Waals surface area (Å²) >= 11 is 0. The second-order valence-corrected chi connectivity index (χ2v) is 5.20. The van der Waals surface area contributed by atoms with Crippen LogP contribution in [0.4, 0.5) is 11.6 Å². The first-order chi connectivity index (χ1) is 10.4. The minimum Gasteiger partial charge on any atom is -0.369 e. The number of nitrogens with zero attached hydrogens (tertiary/aromatic N) is 2. The smallest absolute Gasteiger partial charge is 0.258 e. The lowest BCUT2D eigenvalue weighted by atomic mass is 10.2. The zero-order valence-corrected chi connectivity index (χ0v) is 13.0. The predicted octanol–water partition coefficient (Wildman–Crippen LogP) is 1.64. The van der Waals surface area contributed by atoms with Crippen molar-refractivity contribution < 1.29 is 4.79 Å². The lowest BCUT2D eigenvalue weighted by Gasteiger charge is -2.12. The predicted molar refractivity (Wildman–Crippen MR) is 86.8 cm³/mol. The molecular formula is C16H20N4O2. The summed E-state index contributed by atoms with van der Waals surface area (Å²) in [5.74, 6) is -0.255. The Balaban J connectivity index is 2.20. The molecule has 0 spiro atoms. The average molecular weight is 300 g/mol. The van der Waals surface area contributed by atoms with Gasteiger partial charge in [-0.05, 0) is 32.4 Å². The van der Waals surface area contributed by atoms with Crippen molar-refractivity contribution >= 4 is 17.5 Å². The van der Waals surface area contributed by atoms with Gasteiger partial charge in [-0.15, -0.1) is 0 Å². The van der Waals surface area contributed by atoms with E-state index in [0.717, 1.165) is 5.56 Å². The van der Waals surface area contributed by atoms with Crippen molar-refractivity contribution in [1.29, 1.82) is 0 Å². The van der Waals surface area contributed by atoms with E-state index in [4.69, 9.17) is 5.73 Å². The number of hydrogen-bond donors (Lipinski definition) is 2. The fraction of sp³-hybridized carbons (Fsp3) is 0.312. The Morgan fingerprint density at radius 1 is 1.27 bits per heavy atom. The Morgan fingerprint density at radius 3 is 2.50 bits per heavy atom. The zero-order chi connectivity index (χ0) is 16.3. The van der Waals surface area contributed by atoms with E-state index in [1.807, 2.05) is 38.1 Å². The third-order valence-corrected chi connectivity index (χ3v) is 3.50. The van der Waals surface area contributed by atoms with E-state index in [2.05, 4.69) is 10.3 Å². The van der Waals surface area contributed by atoms with E-state index >= 15 is 0 Å². The maximum Gasteiger partial charge on any atom is 0.258 e. The molecule has 0 unspecified atom stereocenters. The third-order valence-electron chi connectivity index (χ3n) is 3.50. The fourth-order valence-electron chi connectivity index (χ4n) is 2.19. The van der Waals surface area contributed by atoms with Crippen LogP contribution < -0.4 is 16.6 Å². The number of nitrogens with two attached hydrogens (primary N) is 1. The Morgan fingerprint density at radius 2 is 1.91 bits per heavy atom. The molecule has 0 bridgehead atoms. The van der Waals surface area contributed by atoms with Gasteiger partial charge in [-0.1, -0.05) is 24.6 Å². The summed E-state index contributed by atoms with van der Waals surface area (Å²) in [5.41, 5.74) is 8.50. The maximum absolute atomic E-state index is 12.3. The molecule has 1 amide bonds. The van der Waals surface area contributed by atoms with Gasteiger partial charge in [0, 0.05) is 11.3 Å². The highest BCUT2D eigenvalue weighted by Crippen LogP contribution is 2.09. The normalized spacial score (nSPS) is 10.5. The van der Waals surface area contributed by atoms with Gasteiger partial charge >= 0.3 is 0 Å². The molecule has 0 aliphatic heterocycles. The van der Waals surface area contributed by atoms with Crippen LogP contribution in [0.1, 0.15) is 23.7 Å². The lowest BCUT2D eigenvalue weighted by Crippen LogP contribution is -2.32. The molecule has 1 heterocycles. The SMILES string of the molecule is CCc1nc(N)n(CC(=O)Nc2ccc(C)cc2)c(=O)c1C. The molecule has 0 radical (unpaired) electrons. The van der Waals surface area contributed by atoms with Crippen LogP contribution in [0.2, 0.25) is 0 Å². The lowest BCUT2D eigenvalue weighted by molar-refractivity contribution is -0.116. The minimum absolute atomic E-state index is 0.0616. The number of aromatic nitrogens is 2. The van der Waals surface area contributed by atoms with Crippen LogP contribution in [0.15, 0.2) is 29.1 Å². The van der Waals surface area contributed by atoms with Crippen LogP contribution in [0, 0.1) is 13.8 Å². The molecule has 0 atom stereocenters. The van der Waals surface area contributed by atoms with Crippen LogP contribution in [-0.4, -0.2) is 15.5 Å². The molecule has 3 N–H and O–H groups in total. The van der Waals surface area contributed by atoms with Gasteiger partial charge in [0.2, 0.25) is 11.9 Å². The van der Waals surface area contributed by atoms with E-state index < -0.39 is 0 Å². The molecule has 2 aromatic rings. The number of rotatable bonds is 4. The molecule has 6 heteroatoms. The highest BCUT2D eigenvalue weighted by molar-refractivity contribution is 5.90. The van der Waals surface area contributed by atoms with Gasteiger partial charge in [-0.3, -0.25) is 14.2 Å². The van der Waals surface area contributed by atoms with Gasteiger partial charge in [0.05, 0.1) is 5.69 Å². The van der Waals surface area contributed by atoms with Gasteiger partial charge in [-0.25, -0.2) is 4.98 Å². The molecule has 2 rings (SSSR count).